The Morgan fingerprint density at radius 3 is 1.76 bits per heavy atom. The van der Waals surface area contributed by atoms with Gasteiger partial charge in [-0.1, -0.05) is 133 Å². The maximum atomic E-state index is 6.40. The van der Waals surface area contributed by atoms with E-state index in [2.05, 4.69) is 187 Å². The van der Waals surface area contributed by atoms with Crippen molar-refractivity contribution in [1.82, 2.24) is 0 Å². The highest BCUT2D eigenvalue weighted by Crippen LogP contribution is 2.46. The summed E-state index contributed by atoms with van der Waals surface area (Å²) >= 11 is 1.86. The van der Waals surface area contributed by atoms with E-state index in [1.165, 1.54) is 48.0 Å². The van der Waals surface area contributed by atoms with Gasteiger partial charge in [0, 0.05) is 36.9 Å². The molecule has 0 atom stereocenters. The molecule has 0 saturated carbocycles. The molecule has 0 radical (unpaired) electrons. The number of benzene rings is 8. The molecule has 0 amide bonds. The van der Waals surface area contributed by atoms with Crippen LogP contribution >= 0.6 is 11.3 Å². The fraction of sp³-hybridized carbons (Fsp3) is 0. The molecule has 0 aliphatic rings. The van der Waals surface area contributed by atoms with Crippen molar-refractivity contribution in [3.63, 3.8) is 0 Å². The molecule has 10 rings (SSSR count). The Hall–Kier alpha value is -6.42. The van der Waals surface area contributed by atoms with Gasteiger partial charge >= 0.3 is 0 Å². The van der Waals surface area contributed by atoms with Crippen molar-refractivity contribution in [1.29, 1.82) is 0 Å². The van der Waals surface area contributed by atoms with Crippen LogP contribution in [-0.2, 0) is 0 Å². The second-order valence-corrected chi connectivity index (χ2v) is 14.0. The predicted molar refractivity (Wildman–Crippen MR) is 218 cm³/mol. The van der Waals surface area contributed by atoms with E-state index in [4.69, 9.17) is 4.42 Å². The Balaban J connectivity index is 1.16. The standard InChI is InChI=1S/C48H31NOS/c1-2-12-32(13-3-1)33-26-28-34(29-27-33)35-14-8-16-37(30-35)49(42-21-11-23-44-48(42)40-18-4-6-22-43(40)50-44)38-17-9-15-36(31-38)39-20-10-25-46-47(39)41-19-5-7-24-45(41)51-46/h1-31H. The van der Waals surface area contributed by atoms with Gasteiger partial charge in [0.2, 0.25) is 0 Å². The first-order valence-corrected chi connectivity index (χ1v) is 18.1. The quantitative estimate of drug-likeness (QED) is 0.175. The third-order valence-corrected chi connectivity index (χ3v) is 11.0. The largest absolute Gasteiger partial charge is 0.456 e. The van der Waals surface area contributed by atoms with Crippen molar-refractivity contribution in [3.8, 4) is 33.4 Å². The molecule has 0 aliphatic heterocycles. The molecule has 8 aromatic carbocycles. The predicted octanol–water partition coefficient (Wildman–Crippen LogP) is 14.4. The summed E-state index contributed by atoms with van der Waals surface area (Å²) < 4.78 is 9.02. The van der Waals surface area contributed by atoms with Gasteiger partial charge in [-0.25, -0.2) is 0 Å². The molecule has 0 spiro atoms. The number of hydrogen-bond acceptors (Lipinski definition) is 3. The summed E-state index contributed by atoms with van der Waals surface area (Å²) in [5.74, 6) is 0. The minimum Gasteiger partial charge on any atom is -0.456 e. The van der Waals surface area contributed by atoms with Crippen LogP contribution in [0.2, 0.25) is 0 Å². The zero-order valence-electron chi connectivity index (χ0n) is 27.7. The molecule has 0 N–H and O–H groups in total. The van der Waals surface area contributed by atoms with Crippen LogP contribution in [0, 0.1) is 0 Å². The van der Waals surface area contributed by atoms with E-state index in [0.29, 0.717) is 0 Å². The lowest BCUT2D eigenvalue weighted by Crippen LogP contribution is -2.10. The average Bonchev–Trinajstić information content (AvgIpc) is 3.78. The number of rotatable bonds is 6. The Labute approximate surface area is 300 Å². The number of furan rings is 1. The fourth-order valence-corrected chi connectivity index (χ4v) is 8.64. The second kappa shape index (κ2) is 12.2. The second-order valence-electron chi connectivity index (χ2n) is 12.9. The molecule has 240 valence electrons. The summed E-state index contributed by atoms with van der Waals surface area (Å²) in [6.07, 6.45) is 0. The third-order valence-electron chi connectivity index (χ3n) is 9.87. The van der Waals surface area contributed by atoms with Gasteiger partial charge in [0.05, 0.1) is 11.1 Å². The van der Waals surface area contributed by atoms with Gasteiger partial charge in [0.25, 0.3) is 0 Å². The maximum Gasteiger partial charge on any atom is 0.137 e. The Morgan fingerprint density at radius 1 is 0.373 bits per heavy atom. The molecule has 2 heterocycles. The Morgan fingerprint density at radius 2 is 0.941 bits per heavy atom. The fourth-order valence-electron chi connectivity index (χ4n) is 7.51. The normalized spacial score (nSPS) is 11.5. The first-order valence-electron chi connectivity index (χ1n) is 17.3. The Bertz CT molecular complexity index is 2860. The van der Waals surface area contributed by atoms with Crippen molar-refractivity contribution < 1.29 is 4.42 Å². The van der Waals surface area contributed by atoms with Gasteiger partial charge in [0.1, 0.15) is 11.2 Å². The van der Waals surface area contributed by atoms with Crippen LogP contribution in [0.5, 0.6) is 0 Å². The highest BCUT2D eigenvalue weighted by atomic mass is 32.1. The summed E-state index contributed by atoms with van der Waals surface area (Å²) in [5.41, 5.74) is 12.2. The first kappa shape index (κ1) is 29.5. The molecule has 51 heavy (non-hydrogen) atoms. The molecule has 0 unspecified atom stereocenters. The lowest BCUT2D eigenvalue weighted by atomic mass is 9.98. The van der Waals surface area contributed by atoms with Crippen LogP contribution in [0.25, 0.3) is 75.5 Å². The summed E-state index contributed by atoms with van der Waals surface area (Å²) in [4.78, 5) is 2.39. The van der Waals surface area contributed by atoms with E-state index in [1.54, 1.807) is 0 Å². The van der Waals surface area contributed by atoms with Crippen molar-refractivity contribution in [2.75, 3.05) is 4.90 Å². The van der Waals surface area contributed by atoms with Gasteiger partial charge in [0.15, 0.2) is 0 Å². The molecule has 0 fully saturated rings. The summed E-state index contributed by atoms with van der Waals surface area (Å²) in [7, 11) is 0. The molecule has 10 aromatic rings. The zero-order valence-corrected chi connectivity index (χ0v) is 28.5. The minimum atomic E-state index is 0.872. The van der Waals surface area contributed by atoms with Gasteiger partial charge in [-0.2, -0.15) is 0 Å². The monoisotopic (exact) mass is 669 g/mol. The molecule has 2 aromatic heterocycles. The lowest BCUT2D eigenvalue weighted by molar-refractivity contribution is 0.669. The van der Waals surface area contributed by atoms with E-state index >= 15 is 0 Å². The SMILES string of the molecule is c1ccc(-c2ccc(-c3cccc(N(c4cccc(-c5cccc6sc7ccccc7c56)c4)c4cccc5oc6ccccc6c45)c3)cc2)cc1. The highest BCUT2D eigenvalue weighted by molar-refractivity contribution is 7.25. The lowest BCUT2D eigenvalue weighted by Gasteiger charge is -2.27. The van der Waals surface area contributed by atoms with E-state index in [0.717, 1.165) is 44.6 Å². The molecule has 3 heteroatoms. The van der Waals surface area contributed by atoms with E-state index in [1.807, 2.05) is 17.4 Å². The van der Waals surface area contributed by atoms with E-state index in [9.17, 15) is 0 Å². The summed E-state index contributed by atoms with van der Waals surface area (Å²) in [6, 6.07) is 67.4. The van der Waals surface area contributed by atoms with Gasteiger partial charge in [-0.15, -0.1) is 11.3 Å². The number of anilines is 3. The van der Waals surface area contributed by atoms with Gasteiger partial charge in [-0.05, 0) is 88.0 Å². The molecule has 0 saturated heterocycles. The number of fused-ring (bicyclic) bond motifs is 6. The van der Waals surface area contributed by atoms with Crippen LogP contribution < -0.4 is 4.90 Å². The number of hydrogen-bond donors (Lipinski definition) is 0. The topological polar surface area (TPSA) is 16.4 Å². The van der Waals surface area contributed by atoms with Crippen molar-refractivity contribution in [3.05, 3.63) is 188 Å². The van der Waals surface area contributed by atoms with Crippen molar-refractivity contribution >= 4 is 70.5 Å². The van der Waals surface area contributed by atoms with Crippen LogP contribution in [-0.4, -0.2) is 0 Å². The number of para-hydroxylation sites is 1. The van der Waals surface area contributed by atoms with Crippen molar-refractivity contribution in [2.45, 2.75) is 0 Å². The van der Waals surface area contributed by atoms with Gasteiger partial charge < -0.3 is 9.32 Å². The highest BCUT2D eigenvalue weighted by Gasteiger charge is 2.21. The van der Waals surface area contributed by atoms with E-state index in [-0.39, 0.29) is 0 Å². The van der Waals surface area contributed by atoms with E-state index < -0.39 is 0 Å². The maximum absolute atomic E-state index is 6.40. The van der Waals surface area contributed by atoms with Crippen molar-refractivity contribution in [2.24, 2.45) is 0 Å². The van der Waals surface area contributed by atoms with Crippen LogP contribution in [0.1, 0.15) is 0 Å². The molecular formula is C48H31NOS. The smallest absolute Gasteiger partial charge is 0.137 e. The van der Waals surface area contributed by atoms with Gasteiger partial charge in [-0.3, -0.25) is 0 Å². The molecule has 2 nitrogen and oxygen atoms in total. The van der Waals surface area contributed by atoms with Crippen LogP contribution in [0.3, 0.4) is 0 Å². The molecule has 0 bridgehead atoms. The first-order chi connectivity index (χ1) is 25.3. The average molecular weight is 670 g/mol. The summed E-state index contributed by atoms with van der Waals surface area (Å²) in [5, 5.41) is 4.81. The molecular weight excluding hydrogens is 639 g/mol. The number of thiophene rings is 1. The zero-order chi connectivity index (χ0) is 33.7. The minimum absolute atomic E-state index is 0.872. The van der Waals surface area contributed by atoms with Crippen LogP contribution in [0.4, 0.5) is 17.1 Å². The third kappa shape index (κ3) is 5.10. The Kier molecular flexibility index (Phi) is 7.04. The number of nitrogens with zero attached hydrogens (tertiary/aromatic N) is 1. The molecule has 0 aliphatic carbocycles. The van der Waals surface area contributed by atoms with Crippen LogP contribution in [0.15, 0.2) is 192 Å². The summed E-state index contributed by atoms with van der Waals surface area (Å²) in [6.45, 7) is 0.